The molecule has 7 nitrogen and oxygen atoms in total. The van der Waals surface area contributed by atoms with E-state index in [0.717, 1.165) is 31.7 Å². The highest BCUT2D eigenvalue weighted by Gasteiger charge is 2.24. The van der Waals surface area contributed by atoms with Crippen LogP contribution < -0.4 is 10.2 Å². The molecule has 3 rings (SSSR count). The van der Waals surface area contributed by atoms with Gasteiger partial charge in [0.05, 0.1) is 4.92 Å². The standard InChI is InChI=1S/C20H24N4O3/c1-22-11-13-23(14-12-22)18-8-7-17(15-19(18)24(26)27)20(25)21-10-9-16-5-3-2-4-6-16/h2-8,15H,9-14H2,1H3,(H,21,25). The van der Waals surface area contributed by atoms with E-state index in [4.69, 9.17) is 0 Å². The Morgan fingerprint density at radius 3 is 2.48 bits per heavy atom. The molecule has 7 heteroatoms. The molecule has 1 saturated heterocycles. The third-order valence-corrected chi connectivity index (χ3v) is 4.82. The van der Waals surface area contributed by atoms with Crippen molar-refractivity contribution >= 4 is 17.3 Å². The molecule has 0 bridgehead atoms. The second-order valence-electron chi connectivity index (χ2n) is 6.74. The van der Waals surface area contributed by atoms with E-state index in [1.54, 1.807) is 12.1 Å². The van der Waals surface area contributed by atoms with Crippen molar-refractivity contribution in [3.05, 3.63) is 69.8 Å². The van der Waals surface area contributed by atoms with Crippen LogP contribution in [0.4, 0.5) is 11.4 Å². The summed E-state index contributed by atoms with van der Waals surface area (Å²) in [5, 5.41) is 14.4. The van der Waals surface area contributed by atoms with Gasteiger partial charge in [0.1, 0.15) is 5.69 Å². The zero-order valence-corrected chi connectivity index (χ0v) is 15.4. The fraction of sp³-hybridized carbons (Fsp3) is 0.350. The first kappa shape index (κ1) is 18.8. The smallest absolute Gasteiger partial charge is 0.293 e. The lowest BCUT2D eigenvalue weighted by molar-refractivity contribution is -0.384. The number of anilines is 1. The van der Waals surface area contributed by atoms with Gasteiger partial charge >= 0.3 is 0 Å². The predicted molar refractivity (Wildman–Crippen MR) is 105 cm³/mol. The minimum absolute atomic E-state index is 0.0183. The maximum atomic E-state index is 12.4. The van der Waals surface area contributed by atoms with Crippen molar-refractivity contribution in [3.8, 4) is 0 Å². The van der Waals surface area contributed by atoms with Gasteiger partial charge in [-0.1, -0.05) is 30.3 Å². The number of likely N-dealkylation sites (N-methyl/N-ethyl adjacent to an activating group) is 1. The average Bonchev–Trinajstić information content (AvgIpc) is 2.69. The number of carbonyl (C=O) groups is 1. The third kappa shape index (κ3) is 4.83. The number of carbonyl (C=O) groups excluding carboxylic acids is 1. The van der Waals surface area contributed by atoms with E-state index in [2.05, 4.69) is 10.2 Å². The lowest BCUT2D eigenvalue weighted by atomic mass is 10.1. The van der Waals surface area contributed by atoms with Crippen LogP contribution in [-0.4, -0.2) is 55.5 Å². The summed E-state index contributed by atoms with van der Waals surface area (Å²) in [6.07, 6.45) is 0.716. The van der Waals surface area contributed by atoms with Crippen LogP contribution in [0.2, 0.25) is 0 Å². The predicted octanol–water partition coefficient (Wildman–Crippen LogP) is 2.32. The largest absolute Gasteiger partial charge is 0.363 e. The zero-order chi connectivity index (χ0) is 19.2. The highest BCUT2D eigenvalue weighted by atomic mass is 16.6. The van der Waals surface area contributed by atoms with Crippen molar-refractivity contribution in [2.45, 2.75) is 6.42 Å². The Labute approximate surface area is 158 Å². The van der Waals surface area contributed by atoms with E-state index < -0.39 is 4.92 Å². The van der Waals surface area contributed by atoms with Crippen LogP contribution in [0.3, 0.4) is 0 Å². The van der Waals surface area contributed by atoms with Crippen LogP contribution >= 0.6 is 0 Å². The maximum Gasteiger partial charge on any atom is 0.293 e. The topological polar surface area (TPSA) is 78.7 Å². The zero-order valence-electron chi connectivity index (χ0n) is 15.4. The van der Waals surface area contributed by atoms with Gasteiger partial charge in [-0.3, -0.25) is 14.9 Å². The van der Waals surface area contributed by atoms with Gasteiger partial charge < -0.3 is 15.1 Å². The summed E-state index contributed by atoms with van der Waals surface area (Å²) in [4.78, 5) is 27.7. The van der Waals surface area contributed by atoms with E-state index in [1.165, 1.54) is 6.07 Å². The maximum absolute atomic E-state index is 12.4. The van der Waals surface area contributed by atoms with E-state index in [1.807, 2.05) is 42.3 Å². The SMILES string of the molecule is CN1CCN(c2ccc(C(=O)NCCc3ccccc3)cc2[N+](=O)[O-])CC1. The second kappa shape index (κ2) is 8.64. The number of nitro groups is 1. The van der Waals surface area contributed by atoms with Crippen molar-refractivity contribution < 1.29 is 9.72 Å². The van der Waals surface area contributed by atoms with Gasteiger partial charge in [-0.05, 0) is 31.2 Å². The van der Waals surface area contributed by atoms with Gasteiger partial charge in [0.25, 0.3) is 11.6 Å². The molecule has 0 atom stereocenters. The molecular weight excluding hydrogens is 344 g/mol. The molecule has 1 heterocycles. The summed E-state index contributed by atoms with van der Waals surface area (Å²) < 4.78 is 0. The first-order valence-corrected chi connectivity index (χ1v) is 9.08. The van der Waals surface area contributed by atoms with E-state index in [-0.39, 0.29) is 11.6 Å². The Morgan fingerprint density at radius 1 is 1.11 bits per heavy atom. The van der Waals surface area contributed by atoms with E-state index >= 15 is 0 Å². The van der Waals surface area contributed by atoms with Crippen LogP contribution in [0, 0.1) is 10.1 Å². The average molecular weight is 368 g/mol. The number of nitrogens with zero attached hydrogens (tertiary/aromatic N) is 3. The first-order valence-electron chi connectivity index (χ1n) is 9.08. The Balaban J connectivity index is 1.67. The molecule has 1 N–H and O–H groups in total. The van der Waals surface area contributed by atoms with Gasteiger partial charge in [-0.2, -0.15) is 0 Å². The van der Waals surface area contributed by atoms with Gasteiger partial charge in [-0.15, -0.1) is 0 Å². The fourth-order valence-electron chi connectivity index (χ4n) is 3.19. The minimum Gasteiger partial charge on any atom is -0.363 e. The number of hydrogen-bond donors (Lipinski definition) is 1. The molecule has 142 valence electrons. The Hall–Kier alpha value is -2.93. The molecule has 0 spiro atoms. The van der Waals surface area contributed by atoms with Gasteiger partial charge in [0, 0.05) is 44.4 Å². The summed E-state index contributed by atoms with van der Waals surface area (Å²) in [6, 6.07) is 14.6. The third-order valence-electron chi connectivity index (χ3n) is 4.82. The lowest BCUT2D eigenvalue weighted by Gasteiger charge is -2.33. The summed E-state index contributed by atoms with van der Waals surface area (Å²) in [5.74, 6) is -0.293. The van der Waals surface area contributed by atoms with E-state index in [9.17, 15) is 14.9 Å². The van der Waals surface area contributed by atoms with Crippen LogP contribution in [0.1, 0.15) is 15.9 Å². The Bertz CT molecular complexity index is 802. The normalized spacial score (nSPS) is 14.8. The molecule has 2 aromatic rings. The number of nitrogens with one attached hydrogen (secondary N) is 1. The molecule has 1 amide bonds. The molecule has 0 saturated carbocycles. The van der Waals surface area contributed by atoms with Crippen LogP contribution in [-0.2, 0) is 6.42 Å². The highest BCUT2D eigenvalue weighted by molar-refractivity contribution is 5.95. The number of rotatable bonds is 6. The lowest BCUT2D eigenvalue weighted by Crippen LogP contribution is -2.44. The summed E-state index contributed by atoms with van der Waals surface area (Å²) in [6.45, 7) is 3.68. The number of nitro benzene ring substituents is 1. The Kier molecular flexibility index (Phi) is 6.03. The molecule has 0 aliphatic carbocycles. The van der Waals surface area contributed by atoms with Gasteiger partial charge in [0.2, 0.25) is 0 Å². The minimum atomic E-state index is -0.408. The molecule has 0 unspecified atom stereocenters. The second-order valence-corrected chi connectivity index (χ2v) is 6.74. The quantitative estimate of drug-likeness (QED) is 0.625. The number of amides is 1. The van der Waals surface area contributed by atoms with E-state index in [0.29, 0.717) is 24.2 Å². The first-order chi connectivity index (χ1) is 13.0. The van der Waals surface area contributed by atoms with Crippen molar-refractivity contribution in [2.75, 3.05) is 44.7 Å². The van der Waals surface area contributed by atoms with Crippen molar-refractivity contribution in [3.63, 3.8) is 0 Å². The van der Waals surface area contributed by atoms with Crippen LogP contribution in [0.25, 0.3) is 0 Å². The fourth-order valence-corrected chi connectivity index (χ4v) is 3.19. The summed E-state index contributed by atoms with van der Waals surface area (Å²) in [7, 11) is 2.04. The van der Waals surface area contributed by atoms with Crippen molar-refractivity contribution in [1.29, 1.82) is 0 Å². The molecule has 0 aromatic heterocycles. The van der Waals surface area contributed by atoms with Crippen molar-refractivity contribution in [2.24, 2.45) is 0 Å². The molecular formula is C20H24N4O3. The highest BCUT2D eigenvalue weighted by Crippen LogP contribution is 2.30. The molecule has 1 aliphatic heterocycles. The number of benzene rings is 2. The molecule has 1 fully saturated rings. The van der Waals surface area contributed by atoms with Gasteiger partial charge in [-0.25, -0.2) is 0 Å². The monoisotopic (exact) mass is 368 g/mol. The number of piperazine rings is 1. The van der Waals surface area contributed by atoms with Gasteiger partial charge in [0.15, 0.2) is 0 Å². The molecule has 27 heavy (non-hydrogen) atoms. The molecule has 1 aliphatic rings. The Morgan fingerprint density at radius 2 is 1.81 bits per heavy atom. The summed E-state index contributed by atoms with van der Waals surface area (Å²) >= 11 is 0. The molecule has 0 radical (unpaired) electrons. The summed E-state index contributed by atoms with van der Waals surface area (Å²) in [5.41, 5.74) is 2.01. The van der Waals surface area contributed by atoms with Crippen LogP contribution in [0.5, 0.6) is 0 Å². The number of hydrogen-bond acceptors (Lipinski definition) is 5. The molecule has 2 aromatic carbocycles. The van der Waals surface area contributed by atoms with Crippen LogP contribution in [0.15, 0.2) is 48.5 Å². The van der Waals surface area contributed by atoms with Crippen molar-refractivity contribution in [1.82, 2.24) is 10.2 Å².